The molecule has 2 N–H and O–H groups in total. The maximum Gasteiger partial charge on any atom is 0.433 e. The molecule has 0 fully saturated rings. The number of hydrogen-bond acceptors (Lipinski definition) is 7. The summed E-state index contributed by atoms with van der Waals surface area (Å²) in [4.78, 5) is 27.4. The minimum absolute atomic E-state index is 0.119. The predicted molar refractivity (Wildman–Crippen MR) is 56.0 cm³/mol. The largest absolute Gasteiger partial charge is 0.475 e. The molecule has 0 aliphatic rings. The number of furan rings is 1. The van der Waals surface area contributed by atoms with E-state index >= 15 is 0 Å². The highest BCUT2D eigenvalue weighted by Crippen LogP contribution is 2.14. The fourth-order valence-corrected chi connectivity index (χ4v) is 1.04. The van der Waals surface area contributed by atoms with Gasteiger partial charge in [0.2, 0.25) is 5.82 Å². The number of hydrogen-bond donors (Lipinski definition) is 2. The average molecular weight is 251 g/mol. The molecule has 10 nitrogen and oxygen atoms in total. The molecule has 0 aliphatic carbocycles. The van der Waals surface area contributed by atoms with E-state index in [1.165, 1.54) is 12.1 Å². The zero-order chi connectivity index (χ0) is 13.1. The Morgan fingerprint density at radius 1 is 1.61 bits per heavy atom. The summed E-state index contributed by atoms with van der Waals surface area (Å²) in [5, 5.41) is 24.6. The van der Waals surface area contributed by atoms with Crippen LogP contribution in [0.4, 0.5) is 11.8 Å². The van der Waals surface area contributed by atoms with Crippen LogP contribution in [-0.4, -0.2) is 37.4 Å². The van der Waals surface area contributed by atoms with Gasteiger partial charge >= 0.3 is 11.9 Å². The van der Waals surface area contributed by atoms with Gasteiger partial charge in [-0.25, -0.2) is 9.79 Å². The maximum atomic E-state index is 10.5. The molecule has 0 bridgehead atoms. The van der Waals surface area contributed by atoms with Crippen molar-refractivity contribution in [2.24, 2.45) is 4.99 Å². The van der Waals surface area contributed by atoms with E-state index in [0.717, 1.165) is 6.21 Å². The molecule has 2 aromatic rings. The maximum absolute atomic E-state index is 10.5. The van der Waals surface area contributed by atoms with Crippen molar-refractivity contribution in [3.05, 3.63) is 33.8 Å². The second kappa shape index (κ2) is 4.45. The fraction of sp³-hybridized carbons (Fsp3) is 0. The quantitative estimate of drug-likeness (QED) is 0.462. The third-order valence-corrected chi connectivity index (χ3v) is 1.78. The lowest BCUT2D eigenvalue weighted by Gasteiger charge is -1.83. The summed E-state index contributed by atoms with van der Waals surface area (Å²) < 4.78 is 4.79. The normalized spacial score (nSPS) is 10.9. The molecule has 2 rings (SSSR count). The number of carbonyl (C=O) groups is 1. The van der Waals surface area contributed by atoms with Gasteiger partial charge in [0.15, 0.2) is 5.76 Å². The van der Waals surface area contributed by atoms with Crippen LogP contribution in [0, 0.1) is 10.1 Å². The molecule has 0 saturated carbocycles. The molecule has 0 radical (unpaired) electrons. The van der Waals surface area contributed by atoms with Crippen molar-refractivity contribution < 1.29 is 19.2 Å². The van der Waals surface area contributed by atoms with Crippen molar-refractivity contribution in [3.8, 4) is 0 Å². The van der Waals surface area contributed by atoms with Crippen LogP contribution in [0.25, 0.3) is 0 Å². The van der Waals surface area contributed by atoms with E-state index in [2.05, 4.69) is 20.2 Å². The van der Waals surface area contributed by atoms with Gasteiger partial charge in [-0.1, -0.05) is 0 Å². The minimum atomic E-state index is -1.27. The third-order valence-electron chi connectivity index (χ3n) is 1.78. The molecular formula is C8H5N5O5. The van der Waals surface area contributed by atoms with Crippen molar-refractivity contribution in [3.63, 3.8) is 0 Å². The zero-order valence-corrected chi connectivity index (χ0v) is 8.60. The van der Waals surface area contributed by atoms with Crippen molar-refractivity contribution in [1.29, 1.82) is 0 Å². The number of aromatic carboxylic acids is 1. The summed E-state index contributed by atoms with van der Waals surface area (Å²) in [5.41, 5.74) is 0. The lowest BCUT2D eigenvalue weighted by Crippen LogP contribution is -1.98. The topological polar surface area (TPSA) is 148 Å². The summed E-state index contributed by atoms with van der Waals surface area (Å²) in [6, 6.07) is 2.51. The van der Waals surface area contributed by atoms with Crippen LogP contribution in [-0.2, 0) is 0 Å². The molecule has 0 spiro atoms. The summed E-state index contributed by atoms with van der Waals surface area (Å²) >= 11 is 0. The van der Waals surface area contributed by atoms with Crippen LogP contribution < -0.4 is 0 Å². The predicted octanol–water partition coefficient (Wildman–Crippen LogP) is 0.755. The fourth-order valence-electron chi connectivity index (χ4n) is 1.04. The number of H-pyrrole nitrogens is 1. The molecule has 0 aliphatic heterocycles. The van der Waals surface area contributed by atoms with E-state index in [9.17, 15) is 14.9 Å². The standard InChI is InChI=1S/C8H5N5O5/c14-7(15)6-10-8(12-11-6)9-3-4-1-2-5(18-4)13(16)17/h1-3H,(H,14,15)(H,10,11,12)/b9-3+. The van der Waals surface area contributed by atoms with Crippen LogP contribution in [0.2, 0.25) is 0 Å². The molecule has 18 heavy (non-hydrogen) atoms. The summed E-state index contributed by atoms with van der Waals surface area (Å²) in [6.45, 7) is 0. The lowest BCUT2D eigenvalue weighted by atomic mass is 10.5. The summed E-state index contributed by atoms with van der Waals surface area (Å²) in [5.74, 6) is -2.03. The highest BCUT2D eigenvalue weighted by Gasteiger charge is 2.11. The first kappa shape index (κ1) is 11.4. The van der Waals surface area contributed by atoms with Gasteiger partial charge in [-0.15, -0.1) is 5.10 Å². The van der Waals surface area contributed by atoms with Crippen LogP contribution in [0.5, 0.6) is 0 Å². The third kappa shape index (κ3) is 2.37. The van der Waals surface area contributed by atoms with E-state index in [1.807, 2.05) is 0 Å². The first-order chi connectivity index (χ1) is 8.56. The Morgan fingerprint density at radius 2 is 2.39 bits per heavy atom. The first-order valence-electron chi connectivity index (χ1n) is 4.50. The Hall–Kier alpha value is -3.04. The number of carboxylic acids is 1. The van der Waals surface area contributed by atoms with Gasteiger partial charge in [0.25, 0.3) is 5.95 Å². The highest BCUT2D eigenvalue weighted by atomic mass is 16.6. The van der Waals surface area contributed by atoms with E-state index in [4.69, 9.17) is 9.52 Å². The molecule has 0 aromatic carbocycles. The minimum Gasteiger partial charge on any atom is -0.475 e. The van der Waals surface area contributed by atoms with Gasteiger partial charge < -0.3 is 9.52 Å². The number of aromatic amines is 1. The van der Waals surface area contributed by atoms with Crippen LogP contribution in [0.3, 0.4) is 0 Å². The molecule has 0 atom stereocenters. The molecule has 10 heteroatoms. The Labute approximate surface area is 98.1 Å². The SMILES string of the molecule is O=C(O)c1nc(/N=C/c2ccc([N+](=O)[O-])o2)n[nH]1. The van der Waals surface area contributed by atoms with E-state index in [-0.39, 0.29) is 17.5 Å². The number of nitro groups is 1. The monoisotopic (exact) mass is 251 g/mol. The van der Waals surface area contributed by atoms with Crippen molar-refractivity contribution in [2.75, 3.05) is 0 Å². The first-order valence-corrected chi connectivity index (χ1v) is 4.50. The Morgan fingerprint density at radius 3 is 2.94 bits per heavy atom. The number of aliphatic imine (C=N–C) groups is 1. The summed E-state index contributed by atoms with van der Waals surface area (Å²) in [7, 11) is 0. The van der Waals surface area contributed by atoms with Crippen molar-refractivity contribution in [1.82, 2.24) is 15.2 Å². The second-order valence-electron chi connectivity index (χ2n) is 2.98. The van der Waals surface area contributed by atoms with Crippen molar-refractivity contribution in [2.45, 2.75) is 0 Å². The number of nitrogens with zero attached hydrogens (tertiary/aromatic N) is 4. The highest BCUT2D eigenvalue weighted by molar-refractivity contribution is 5.83. The Bertz CT molecular complexity index is 573. The molecule has 0 unspecified atom stereocenters. The number of rotatable bonds is 4. The van der Waals surface area contributed by atoms with Gasteiger partial charge in [-0.2, -0.15) is 4.98 Å². The lowest BCUT2D eigenvalue weighted by molar-refractivity contribution is -0.402. The smallest absolute Gasteiger partial charge is 0.433 e. The second-order valence-corrected chi connectivity index (χ2v) is 2.98. The van der Waals surface area contributed by atoms with Crippen LogP contribution in [0.1, 0.15) is 16.4 Å². The van der Waals surface area contributed by atoms with Gasteiger partial charge in [0, 0.05) is 0 Å². The Kier molecular flexibility index (Phi) is 2.83. The molecule has 0 amide bonds. The van der Waals surface area contributed by atoms with E-state index < -0.39 is 16.8 Å². The number of nitrogens with one attached hydrogen (secondary N) is 1. The van der Waals surface area contributed by atoms with Gasteiger partial charge in [-0.3, -0.25) is 15.2 Å². The zero-order valence-electron chi connectivity index (χ0n) is 8.60. The molecule has 2 heterocycles. The average Bonchev–Trinajstić information content (AvgIpc) is 2.95. The molecular weight excluding hydrogens is 246 g/mol. The number of aromatic nitrogens is 3. The molecule has 2 aromatic heterocycles. The van der Waals surface area contributed by atoms with Gasteiger partial charge in [-0.05, 0) is 6.07 Å². The van der Waals surface area contributed by atoms with E-state index in [0.29, 0.717) is 0 Å². The molecule has 92 valence electrons. The van der Waals surface area contributed by atoms with Gasteiger partial charge in [0.1, 0.15) is 4.92 Å². The van der Waals surface area contributed by atoms with E-state index in [1.54, 1.807) is 0 Å². The van der Waals surface area contributed by atoms with Gasteiger partial charge in [0.05, 0.1) is 12.3 Å². The van der Waals surface area contributed by atoms with Crippen LogP contribution >= 0.6 is 0 Å². The number of carboxylic acid groups (broad SMARTS) is 1. The Balaban J connectivity index is 2.13. The molecule has 0 saturated heterocycles. The van der Waals surface area contributed by atoms with Crippen molar-refractivity contribution >= 4 is 24.0 Å². The summed E-state index contributed by atoms with van der Waals surface area (Å²) in [6.07, 6.45) is 1.14. The van der Waals surface area contributed by atoms with Crippen LogP contribution in [0.15, 0.2) is 21.5 Å².